The fraction of sp³-hybridized carbons (Fsp3) is 0. The van der Waals surface area contributed by atoms with Gasteiger partial charge in [-0.05, 0) is 143 Å². The van der Waals surface area contributed by atoms with Gasteiger partial charge in [-0.2, -0.15) is 0 Å². The molecular formula is C64H41N3S. The van der Waals surface area contributed by atoms with Gasteiger partial charge < -0.3 is 13.7 Å². The van der Waals surface area contributed by atoms with Gasteiger partial charge in [0.1, 0.15) is 0 Å². The predicted molar refractivity (Wildman–Crippen MR) is 289 cm³/mol. The lowest BCUT2D eigenvalue weighted by Gasteiger charge is -2.10. The van der Waals surface area contributed by atoms with E-state index < -0.39 is 0 Å². The summed E-state index contributed by atoms with van der Waals surface area (Å²) in [4.78, 5) is 2.55. The van der Waals surface area contributed by atoms with Crippen LogP contribution in [0.1, 0.15) is 0 Å². The van der Waals surface area contributed by atoms with Crippen LogP contribution in [-0.4, -0.2) is 13.7 Å². The number of rotatable bonds is 7. The largest absolute Gasteiger partial charge is 0.309 e. The second-order valence-electron chi connectivity index (χ2n) is 17.7. The molecule has 0 saturated carbocycles. The molecule has 0 aliphatic heterocycles. The molecule has 318 valence electrons. The molecule has 0 N–H and O–H groups in total. The standard InChI is InChI=1S/C64H41N3S/c1-4-14-42(15-5-1)63-36-37-64(68-63)43-24-30-50(31-25-43)67-58-23-13-11-21-52(58)54-39-45(27-33-60(54)67)47-29-35-62-56(41-47)55-40-46(28-34-61(55)66(62)49-18-8-3-9-19-49)44-26-32-59-53(38-44)51-20-10-12-22-57(51)65(59)48-16-6-2-7-17-48/h1-41H. The Morgan fingerprint density at radius 3 is 0.912 bits per heavy atom. The molecule has 0 radical (unpaired) electrons. The molecule has 0 atom stereocenters. The first-order valence-corrected chi connectivity index (χ1v) is 24.1. The number of thiophene rings is 1. The van der Waals surface area contributed by atoms with E-state index in [1.54, 1.807) is 0 Å². The topological polar surface area (TPSA) is 14.8 Å². The van der Waals surface area contributed by atoms with Gasteiger partial charge >= 0.3 is 0 Å². The minimum Gasteiger partial charge on any atom is -0.309 e. The van der Waals surface area contributed by atoms with Crippen molar-refractivity contribution in [2.24, 2.45) is 0 Å². The van der Waals surface area contributed by atoms with Crippen molar-refractivity contribution < 1.29 is 0 Å². The van der Waals surface area contributed by atoms with Crippen LogP contribution in [0.3, 0.4) is 0 Å². The Bertz CT molecular complexity index is 4230. The highest BCUT2D eigenvalue weighted by molar-refractivity contribution is 7.18. The molecule has 0 aliphatic rings. The molecule has 3 nitrogen and oxygen atoms in total. The first-order chi connectivity index (χ1) is 33.7. The predicted octanol–water partition coefficient (Wildman–Crippen LogP) is 17.7. The number of aromatic nitrogens is 3. The van der Waals surface area contributed by atoms with E-state index in [1.165, 1.54) is 114 Å². The average molecular weight is 884 g/mol. The van der Waals surface area contributed by atoms with Gasteiger partial charge in [-0.1, -0.05) is 140 Å². The van der Waals surface area contributed by atoms with E-state index in [-0.39, 0.29) is 0 Å². The zero-order chi connectivity index (χ0) is 44.7. The molecule has 10 aromatic carbocycles. The SMILES string of the molecule is c1ccc(-c2ccc(-c3ccc(-n4c5ccccc5c5cc(-c6ccc7c(c6)c6cc(-c8ccc9c(c8)c8ccccc8n9-c8ccccc8)ccc6n7-c6ccccc6)ccc54)cc3)s2)cc1. The van der Waals surface area contributed by atoms with E-state index in [4.69, 9.17) is 0 Å². The van der Waals surface area contributed by atoms with Gasteiger partial charge in [-0.15, -0.1) is 11.3 Å². The highest BCUT2D eigenvalue weighted by Crippen LogP contribution is 2.42. The second kappa shape index (κ2) is 15.5. The number of hydrogen-bond acceptors (Lipinski definition) is 1. The monoisotopic (exact) mass is 883 g/mol. The lowest BCUT2D eigenvalue weighted by molar-refractivity contribution is 1.18. The third-order valence-electron chi connectivity index (χ3n) is 13.9. The first-order valence-electron chi connectivity index (χ1n) is 23.2. The Balaban J connectivity index is 0.883. The molecule has 0 amide bonds. The van der Waals surface area contributed by atoms with Crippen molar-refractivity contribution in [2.75, 3.05) is 0 Å². The van der Waals surface area contributed by atoms with Crippen LogP contribution in [0, 0.1) is 0 Å². The molecule has 0 fully saturated rings. The van der Waals surface area contributed by atoms with Crippen molar-refractivity contribution in [2.45, 2.75) is 0 Å². The number of nitrogens with zero attached hydrogens (tertiary/aromatic N) is 3. The number of benzene rings is 10. The molecule has 0 aliphatic carbocycles. The summed E-state index contributed by atoms with van der Waals surface area (Å²) in [6.45, 7) is 0. The van der Waals surface area contributed by atoms with E-state index in [1.807, 2.05) is 11.3 Å². The summed E-state index contributed by atoms with van der Waals surface area (Å²) in [5, 5.41) is 7.45. The van der Waals surface area contributed by atoms with Crippen molar-refractivity contribution in [3.8, 4) is 60.2 Å². The van der Waals surface area contributed by atoms with Crippen LogP contribution in [0.2, 0.25) is 0 Å². The Labute approximate surface area is 397 Å². The summed E-state index contributed by atoms with van der Waals surface area (Å²) in [5.74, 6) is 0. The molecule has 0 unspecified atom stereocenters. The van der Waals surface area contributed by atoms with Gasteiger partial charge in [0.05, 0.1) is 33.1 Å². The fourth-order valence-corrected chi connectivity index (χ4v) is 11.7. The van der Waals surface area contributed by atoms with Gasteiger partial charge in [0, 0.05) is 59.1 Å². The van der Waals surface area contributed by atoms with Gasteiger partial charge in [-0.3, -0.25) is 0 Å². The van der Waals surface area contributed by atoms with Crippen LogP contribution in [0.4, 0.5) is 0 Å². The molecule has 4 heterocycles. The maximum absolute atomic E-state index is 2.41. The lowest BCUT2D eigenvalue weighted by atomic mass is 9.98. The minimum absolute atomic E-state index is 1.15. The molecular weight excluding hydrogens is 843 g/mol. The van der Waals surface area contributed by atoms with Crippen LogP contribution >= 0.6 is 11.3 Å². The van der Waals surface area contributed by atoms with Crippen LogP contribution in [0.5, 0.6) is 0 Å². The van der Waals surface area contributed by atoms with Crippen LogP contribution < -0.4 is 0 Å². The van der Waals surface area contributed by atoms with Crippen molar-refractivity contribution in [1.29, 1.82) is 0 Å². The van der Waals surface area contributed by atoms with Crippen molar-refractivity contribution in [1.82, 2.24) is 13.7 Å². The zero-order valence-corrected chi connectivity index (χ0v) is 37.7. The first kappa shape index (κ1) is 38.6. The van der Waals surface area contributed by atoms with Crippen molar-refractivity contribution in [3.63, 3.8) is 0 Å². The van der Waals surface area contributed by atoms with Crippen LogP contribution in [0.25, 0.3) is 126 Å². The minimum atomic E-state index is 1.15. The summed E-state index contributed by atoms with van der Waals surface area (Å²) in [5.41, 5.74) is 17.9. The maximum Gasteiger partial charge on any atom is 0.0541 e. The van der Waals surface area contributed by atoms with E-state index in [9.17, 15) is 0 Å². The molecule has 4 aromatic heterocycles. The van der Waals surface area contributed by atoms with Gasteiger partial charge in [0.2, 0.25) is 0 Å². The molecule has 14 rings (SSSR count). The van der Waals surface area contributed by atoms with Gasteiger partial charge in [-0.25, -0.2) is 0 Å². The third kappa shape index (κ3) is 6.12. The Morgan fingerprint density at radius 2 is 0.500 bits per heavy atom. The van der Waals surface area contributed by atoms with Crippen molar-refractivity contribution in [3.05, 3.63) is 249 Å². The molecule has 14 aromatic rings. The summed E-state index contributed by atoms with van der Waals surface area (Å²) < 4.78 is 7.21. The third-order valence-corrected chi connectivity index (χ3v) is 15.1. The molecule has 0 spiro atoms. The molecule has 0 saturated heterocycles. The molecule has 4 heteroatoms. The number of hydrogen-bond donors (Lipinski definition) is 0. The summed E-state index contributed by atoms with van der Waals surface area (Å²) >= 11 is 1.84. The summed E-state index contributed by atoms with van der Waals surface area (Å²) in [7, 11) is 0. The van der Waals surface area contributed by atoms with E-state index in [0.717, 1.165) is 11.4 Å². The highest BCUT2D eigenvalue weighted by atomic mass is 32.1. The maximum atomic E-state index is 2.41. The quantitative estimate of drug-likeness (QED) is 0.151. The Morgan fingerprint density at radius 1 is 0.206 bits per heavy atom. The van der Waals surface area contributed by atoms with Crippen molar-refractivity contribution >= 4 is 76.8 Å². The zero-order valence-electron chi connectivity index (χ0n) is 36.9. The summed E-state index contributed by atoms with van der Waals surface area (Å²) in [6, 6.07) is 91.2. The smallest absolute Gasteiger partial charge is 0.0541 e. The van der Waals surface area contributed by atoms with Crippen LogP contribution in [-0.2, 0) is 0 Å². The highest BCUT2D eigenvalue weighted by Gasteiger charge is 2.19. The number of fused-ring (bicyclic) bond motifs is 9. The summed E-state index contributed by atoms with van der Waals surface area (Å²) in [6.07, 6.45) is 0. The van der Waals surface area contributed by atoms with Gasteiger partial charge in [0.25, 0.3) is 0 Å². The van der Waals surface area contributed by atoms with E-state index >= 15 is 0 Å². The van der Waals surface area contributed by atoms with E-state index in [2.05, 4.69) is 262 Å². The van der Waals surface area contributed by atoms with Gasteiger partial charge in [0.15, 0.2) is 0 Å². The average Bonchev–Trinajstić information content (AvgIpc) is 4.19. The van der Waals surface area contributed by atoms with Crippen LogP contribution in [0.15, 0.2) is 249 Å². The molecule has 0 bridgehead atoms. The Hall–Kier alpha value is -8.70. The number of para-hydroxylation sites is 4. The normalized spacial score (nSPS) is 11.8. The Kier molecular flexibility index (Phi) is 8.76. The second-order valence-corrected chi connectivity index (χ2v) is 18.8. The lowest BCUT2D eigenvalue weighted by Crippen LogP contribution is -1.93. The van der Waals surface area contributed by atoms with E-state index in [0.29, 0.717) is 0 Å². The molecule has 68 heavy (non-hydrogen) atoms. The fourth-order valence-electron chi connectivity index (χ4n) is 10.7.